The second-order valence-corrected chi connectivity index (χ2v) is 9.97. The summed E-state index contributed by atoms with van der Waals surface area (Å²) in [6, 6.07) is 10.8. The van der Waals surface area contributed by atoms with Crippen LogP contribution in [-0.4, -0.2) is 37.8 Å². The highest BCUT2D eigenvalue weighted by atomic mass is 32.2. The molecule has 27 heavy (non-hydrogen) atoms. The number of H-pyrrole nitrogens is 1. The van der Waals surface area contributed by atoms with E-state index in [2.05, 4.69) is 15.2 Å². The first kappa shape index (κ1) is 18.1. The summed E-state index contributed by atoms with van der Waals surface area (Å²) in [6.07, 6.45) is 0. The molecule has 0 amide bonds. The lowest BCUT2D eigenvalue weighted by Crippen LogP contribution is -2.26. The van der Waals surface area contributed by atoms with E-state index >= 15 is 0 Å². The van der Waals surface area contributed by atoms with Crippen LogP contribution < -0.4 is 4.31 Å². The summed E-state index contributed by atoms with van der Waals surface area (Å²) in [4.78, 5) is 3.30. The number of aromatic amines is 1. The normalized spacial score (nSPS) is 11.9. The zero-order chi connectivity index (χ0) is 19.0. The summed E-state index contributed by atoms with van der Waals surface area (Å²) in [5.74, 6) is 0. The minimum Gasteiger partial charge on any atom is -0.377 e. The maximum absolute atomic E-state index is 12.9. The third-order valence-electron chi connectivity index (χ3n) is 4.05. The van der Waals surface area contributed by atoms with Crippen LogP contribution in [0.3, 0.4) is 0 Å². The van der Waals surface area contributed by atoms with Crippen LogP contribution in [0.5, 0.6) is 0 Å². The number of methoxy groups -OCH3 is 1. The summed E-state index contributed by atoms with van der Waals surface area (Å²) in [5.41, 5.74) is 2.10. The molecule has 0 aliphatic carbocycles. The molecule has 140 valence electrons. The van der Waals surface area contributed by atoms with E-state index < -0.39 is 10.0 Å². The SMILES string of the molecule is COCc1nnc(-c2cc3cccc(N(C)S(=O)(=O)c4cccs4)c3[nH]2)s1. The fraction of sp³-hybridized carbons (Fsp3) is 0.176. The number of fused-ring (bicyclic) bond motifs is 1. The number of anilines is 1. The Bertz CT molecular complexity index is 1180. The van der Waals surface area contributed by atoms with E-state index in [9.17, 15) is 8.42 Å². The van der Waals surface area contributed by atoms with Gasteiger partial charge in [0, 0.05) is 19.5 Å². The van der Waals surface area contributed by atoms with Crippen molar-refractivity contribution in [3.8, 4) is 10.7 Å². The molecule has 0 aliphatic rings. The lowest BCUT2D eigenvalue weighted by molar-refractivity contribution is 0.184. The Morgan fingerprint density at radius 2 is 2.07 bits per heavy atom. The van der Waals surface area contributed by atoms with Crippen molar-refractivity contribution in [3.63, 3.8) is 0 Å². The summed E-state index contributed by atoms with van der Waals surface area (Å²) >= 11 is 2.63. The maximum Gasteiger partial charge on any atom is 0.273 e. The first-order valence-corrected chi connectivity index (χ1v) is 11.1. The van der Waals surface area contributed by atoms with Gasteiger partial charge in [0.15, 0.2) is 5.01 Å². The van der Waals surface area contributed by atoms with Crippen molar-refractivity contribution in [3.05, 3.63) is 46.8 Å². The van der Waals surface area contributed by atoms with E-state index in [1.807, 2.05) is 18.2 Å². The largest absolute Gasteiger partial charge is 0.377 e. The van der Waals surface area contributed by atoms with Crippen molar-refractivity contribution >= 4 is 49.3 Å². The van der Waals surface area contributed by atoms with Crippen LogP contribution >= 0.6 is 22.7 Å². The van der Waals surface area contributed by atoms with Gasteiger partial charge in [0.2, 0.25) is 0 Å². The number of para-hydroxylation sites is 1. The Kier molecular flexibility index (Phi) is 4.72. The van der Waals surface area contributed by atoms with E-state index in [1.54, 1.807) is 37.7 Å². The molecule has 0 fully saturated rings. The van der Waals surface area contributed by atoms with Gasteiger partial charge < -0.3 is 9.72 Å². The van der Waals surface area contributed by atoms with E-state index in [1.165, 1.54) is 27.0 Å². The average molecular weight is 421 g/mol. The Balaban J connectivity index is 1.77. The van der Waals surface area contributed by atoms with E-state index in [0.717, 1.165) is 26.6 Å². The van der Waals surface area contributed by atoms with E-state index in [-0.39, 0.29) is 0 Å². The lowest BCUT2D eigenvalue weighted by atomic mass is 10.2. The topological polar surface area (TPSA) is 88.2 Å². The number of aromatic nitrogens is 3. The molecule has 0 aliphatic heterocycles. The molecule has 1 aromatic carbocycles. The Labute approximate surface area is 164 Å². The fourth-order valence-electron chi connectivity index (χ4n) is 2.74. The van der Waals surface area contributed by atoms with Gasteiger partial charge in [-0.1, -0.05) is 29.5 Å². The van der Waals surface area contributed by atoms with Gasteiger partial charge in [-0.2, -0.15) is 0 Å². The second-order valence-electron chi connectivity index (χ2n) is 5.76. The molecular weight excluding hydrogens is 404 g/mol. The molecular formula is C17H16N4O3S3. The molecule has 0 saturated carbocycles. The maximum atomic E-state index is 12.9. The van der Waals surface area contributed by atoms with Gasteiger partial charge >= 0.3 is 0 Å². The summed E-state index contributed by atoms with van der Waals surface area (Å²) in [7, 11) is -0.436. The van der Waals surface area contributed by atoms with Gasteiger partial charge in [-0.3, -0.25) is 4.31 Å². The van der Waals surface area contributed by atoms with Crippen molar-refractivity contribution in [2.45, 2.75) is 10.8 Å². The predicted octanol–water partition coefficient (Wildman–Crippen LogP) is 3.72. The third-order valence-corrected chi connectivity index (χ3v) is 8.12. The predicted molar refractivity (Wildman–Crippen MR) is 108 cm³/mol. The molecule has 7 nitrogen and oxygen atoms in total. The smallest absolute Gasteiger partial charge is 0.273 e. The van der Waals surface area contributed by atoms with Crippen molar-refractivity contribution in [1.29, 1.82) is 0 Å². The van der Waals surface area contributed by atoms with Crippen LogP contribution in [0.25, 0.3) is 21.6 Å². The Morgan fingerprint density at radius 3 is 2.81 bits per heavy atom. The van der Waals surface area contributed by atoms with Crippen LogP contribution in [0.1, 0.15) is 5.01 Å². The molecule has 0 radical (unpaired) electrons. The number of benzene rings is 1. The number of ether oxygens (including phenoxy) is 1. The van der Waals surface area contributed by atoms with Gasteiger partial charge in [0.25, 0.3) is 10.0 Å². The van der Waals surface area contributed by atoms with Gasteiger partial charge in [0.1, 0.15) is 9.22 Å². The minimum absolute atomic E-state index is 0.308. The number of nitrogens with zero attached hydrogens (tertiary/aromatic N) is 3. The molecule has 3 heterocycles. The monoisotopic (exact) mass is 420 g/mol. The lowest BCUT2D eigenvalue weighted by Gasteiger charge is -2.19. The van der Waals surface area contributed by atoms with Crippen molar-refractivity contribution < 1.29 is 13.2 Å². The van der Waals surface area contributed by atoms with Crippen LogP contribution in [0.15, 0.2) is 46.0 Å². The molecule has 0 saturated heterocycles. The van der Waals surface area contributed by atoms with E-state index in [0.29, 0.717) is 16.5 Å². The molecule has 0 bridgehead atoms. The number of rotatable bonds is 6. The Hall–Kier alpha value is -2.27. The van der Waals surface area contributed by atoms with Gasteiger partial charge in [0.05, 0.1) is 23.5 Å². The average Bonchev–Trinajstić information content (AvgIpc) is 3.39. The third kappa shape index (κ3) is 3.25. The molecule has 1 N–H and O–H groups in total. The van der Waals surface area contributed by atoms with Crippen molar-refractivity contribution in [2.75, 3.05) is 18.5 Å². The number of hydrogen-bond donors (Lipinski definition) is 1. The summed E-state index contributed by atoms with van der Waals surface area (Å²) in [5, 5.41) is 12.5. The van der Waals surface area contributed by atoms with E-state index in [4.69, 9.17) is 4.74 Å². The number of sulfonamides is 1. The van der Waals surface area contributed by atoms with Gasteiger partial charge in [-0.25, -0.2) is 8.42 Å². The molecule has 10 heteroatoms. The zero-order valence-corrected chi connectivity index (χ0v) is 17.0. The van der Waals surface area contributed by atoms with Crippen LogP contribution in [0.2, 0.25) is 0 Å². The van der Waals surface area contributed by atoms with Crippen molar-refractivity contribution in [1.82, 2.24) is 15.2 Å². The summed E-state index contributed by atoms with van der Waals surface area (Å²) in [6.45, 7) is 0.408. The van der Waals surface area contributed by atoms with Crippen LogP contribution in [0, 0.1) is 0 Å². The highest BCUT2D eigenvalue weighted by molar-refractivity contribution is 7.94. The zero-order valence-electron chi connectivity index (χ0n) is 14.5. The number of thiophene rings is 1. The molecule has 0 spiro atoms. The summed E-state index contributed by atoms with van der Waals surface area (Å²) < 4.78 is 32.5. The van der Waals surface area contributed by atoms with Gasteiger partial charge in [-0.15, -0.1) is 21.5 Å². The van der Waals surface area contributed by atoms with Crippen LogP contribution in [-0.2, 0) is 21.4 Å². The molecule has 0 atom stereocenters. The van der Waals surface area contributed by atoms with Crippen LogP contribution in [0.4, 0.5) is 5.69 Å². The van der Waals surface area contributed by atoms with Crippen molar-refractivity contribution in [2.24, 2.45) is 0 Å². The number of nitrogens with one attached hydrogen (secondary N) is 1. The molecule has 4 rings (SSSR count). The number of hydrogen-bond acceptors (Lipinski definition) is 7. The van der Waals surface area contributed by atoms with Gasteiger partial charge in [-0.05, 0) is 23.6 Å². The molecule has 0 unspecified atom stereocenters. The quantitative estimate of drug-likeness (QED) is 0.514. The highest BCUT2D eigenvalue weighted by Crippen LogP contribution is 2.34. The fourth-order valence-corrected chi connectivity index (χ4v) is 5.89. The second kappa shape index (κ2) is 7.04. The Morgan fingerprint density at radius 1 is 1.22 bits per heavy atom. The standard InChI is InChI=1S/C17H16N4O3S3/c1-21(27(22,23)15-7-4-8-25-15)13-6-3-5-11-9-12(18-16(11)13)17-20-19-14(26-17)10-24-2/h3-9,18H,10H2,1-2H3. The molecule has 4 aromatic rings. The first-order chi connectivity index (χ1) is 13.0. The first-order valence-electron chi connectivity index (χ1n) is 7.96. The highest BCUT2D eigenvalue weighted by Gasteiger charge is 2.24. The molecule has 3 aromatic heterocycles. The minimum atomic E-state index is -3.61.